The van der Waals surface area contributed by atoms with E-state index >= 15 is 0 Å². The lowest BCUT2D eigenvalue weighted by Crippen LogP contribution is -2.46. The van der Waals surface area contributed by atoms with E-state index in [1.165, 1.54) is 29.4 Å². The third-order valence-corrected chi connectivity index (χ3v) is 6.98. The van der Waals surface area contributed by atoms with Crippen molar-refractivity contribution in [2.24, 2.45) is 0 Å². The van der Waals surface area contributed by atoms with Crippen LogP contribution in [0, 0.1) is 5.82 Å². The summed E-state index contributed by atoms with van der Waals surface area (Å²) in [5.41, 5.74) is 0.363. The van der Waals surface area contributed by atoms with Crippen LogP contribution < -0.4 is 5.32 Å². The lowest BCUT2D eigenvalue weighted by atomic mass is 10.1. The molecule has 9 heteroatoms. The molecule has 154 valence electrons. The highest BCUT2D eigenvalue weighted by Crippen LogP contribution is 2.28. The molecule has 1 aromatic carbocycles. The predicted molar refractivity (Wildman–Crippen MR) is 104 cm³/mol. The Bertz CT molecular complexity index is 959. The molecule has 1 N–H and O–H groups in total. The zero-order chi connectivity index (χ0) is 20.9. The summed E-state index contributed by atoms with van der Waals surface area (Å²) >= 11 is 0. The number of rotatable bonds is 5. The molecule has 0 spiro atoms. The van der Waals surface area contributed by atoms with Gasteiger partial charge in [-0.3, -0.25) is 14.6 Å². The molecule has 0 bridgehead atoms. The number of likely N-dealkylation sites (tertiary alicyclic amines) is 1. The lowest BCUT2D eigenvalue weighted by molar-refractivity contribution is -0.146. The Morgan fingerprint density at radius 2 is 1.79 bits per heavy atom. The first-order valence-corrected chi connectivity index (χ1v) is 10.9. The maximum absolute atomic E-state index is 13.2. The SMILES string of the molecule is O=C(NC[C@@H](c1cccnc1)S(=O)(=O)c1ccc(F)cc1)C(=O)N1CCCCC1. The maximum atomic E-state index is 13.2. The zero-order valence-corrected chi connectivity index (χ0v) is 16.6. The summed E-state index contributed by atoms with van der Waals surface area (Å²) in [5, 5.41) is 1.29. The molecule has 0 unspecified atom stereocenters. The number of sulfone groups is 1. The van der Waals surface area contributed by atoms with Gasteiger partial charge in [-0.1, -0.05) is 6.07 Å². The number of amides is 2. The van der Waals surface area contributed by atoms with E-state index in [0.717, 1.165) is 31.4 Å². The topological polar surface area (TPSA) is 96.4 Å². The van der Waals surface area contributed by atoms with Crippen molar-refractivity contribution in [2.45, 2.75) is 29.4 Å². The second-order valence-electron chi connectivity index (χ2n) is 6.84. The van der Waals surface area contributed by atoms with Gasteiger partial charge in [-0.15, -0.1) is 0 Å². The van der Waals surface area contributed by atoms with Crippen molar-refractivity contribution in [3.05, 3.63) is 60.2 Å². The number of hydrogen-bond donors (Lipinski definition) is 1. The number of pyridine rings is 1. The highest BCUT2D eigenvalue weighted by atomic mass is 32.2. The minimum Gasteiger partial charge on any atom is -0.346 e. The van der Waals surface area contributed by atoms with Gasteiger partial charge in [0, 0.05) is 32.0 Å². The molecular formula is C20H22FN3O4S. The van der Waals surface area contributed by atoms with Crippen LogP contribution in [0.5, 0.6) is 0 Å². The summed E-state index contributed by atoms with van der Waals surface area (Å²) in [6.45, 7) is 0.738. The molecule has 0 radical (unpaired) electrons. The highest BCUT2D eigenvalue weighted by Gasteiger charge is 2.31. The molecule has 1 aliphatic rings. The third kappa shape index (κ3) is 4.97. The van der Waals surface area contributed by atoms with E-state index in [1.54, 1.807) is 12.1 Å². The van der Waals surface area contributed by atoms with Crippen molar-refractivity contribution in [2.75, 3.05) is 19.6 Å². The van der Waals surface area contributed by atoms with Crippen molar-refractivity contribution in [1.29, 1.82) is 0 Å². The quantitative estimate of drug-likeness (QED) is 0.590. The summed E-state index contributed by atoms with van der Waals surface area (Å²) in [6, 6.07) is 7.64. The van der Waals surface area contributed by atoms with Gasteiger partial charge in [-0.05, 0) is 55.2 Å². The smallest absolute Gasteiger partial charge is 0.311 e. The van der Waals surface area contributed by atoms with Crippen molar-refractivity contribution in [1.82, 2.24) is 15.2 Å². The Morgan fingerprint density at radius 1 is 1.10 bits per heavy atom. The van der Waals surface area contributed by atoms with Gasteiger partial charge in [0.25, 0.3) is 0 Å². The van der Waals surface area contributed by atoms with E-state index in [2.05, 4.69) is 10.3 Å². The summed E-state index contributed by atoms with van der Waals surface area (Å²) in [5.74, 6) is -2.05. The van der Waals surface area contributed by atoms with Crippen LogP contribution in [0.15, 0.2) is 53.7 Å². The van der Waals surface area contributed by atoms with Crippen LogP contribution in [-0.4, -0.2) is 49.8 Å². The number of benzene rings is 1. The number of nitrogens with one attached hydrogen (secondary N) is 1. The van der Waals surface area contributed by atoms with Crippen LogP contribution in [0.25, 0.3) is 0 Å². The largest absolute Gasteiger partial charge is 0.346 e. The molecular weight excluding hydrogens is 397 g/mol. The Kier molecular flexibility index (Phi) is 6.58. The Morgan fingerprint density at radius 3 is 2.41 bits per heavy atom. The molecule has 1 aromatic heterocycles. The first-order valence-electron chi connectivity index (χ1n) is 9.36. The fraction of sp³-hybridized carbons (Fsp3) is 0.350. The van der Waals surface area contributed by atoms with Crippen LogP contribution in [0.4, 0.5) is 4.39 Å². The van der Waals surface area contributed by atoms with Gasteiger partial charge in [0.05, 0.1) is 4.90 Å². The molecule has 1 fully saturated rings. The molecule has 3 rings (SSSR count). The van der Waals surface area contributed by atoms with Gasteiger partial charge >= 0.3 is 11.8 Å². The van der Waals surface area contributed by atoms with E-state index in [9.17, 15) is 22.4 Å². The van der Waals surface area contributed by atoms with Crippen molar-refractivity contribution in [3.8, 4) is 0 Å². The van der Waals surface area contributed by atoms with Gasteiger partial charge < -0.3 is 10.2 Å². The van der Waals surface area contributed by atoms with Crippen molar-refractivity contribution < 1.29 is 22.4 Å². The Labute approximate surface area is 168 Å². The summed E-state index contributed by atoms with van der Waals surface area (Å²) in [7, 11) is -3.96. The lowest BCUT2D eigenvalue weighted by Gasteiger charge is -2.26. The van der Waals surface area contributed by atoms with Gasteiger partial charge in [-0.25, -0.2) is 12.8 Å². The van der Waals surface area contributed by atoms with E-state index in [4.69, 9.17) is 0 Å². The Balaban J connectivity index is 1.80. The molecule has 2 aromatic rings. The number of halogens is 1. The first-order chi connectivity index (χ1) is 13.9. The number of carbonyl (C=O) groups is 2. The zero-order valence-electron chi connectivity index (χ0n) is 15.8. The number of hydrogen-bond acceptors (Lipinski definition) is 5. The summed E-state index contributed by atoms with van der Waals surface area (Å²) in [6.07, 6.45) is 5.60. The number of piperidine rings is 1. The summed E-state index contributed by atoms with van der Waals surface area (Å²) < 4.78 is 39.5. The molecule has 2 amide bonds. The number of aromatic nitrogens is 1. The molecule has 0 saturated carbocycles. The van der Waals surface area contributed by atoms with E-state index in [1.807, 2.05) is 0 Å². The monoisotopic (exact) mass is 419 g/mol. The van der Waals surface area contributed by atoms with Gasteiger partial charge in [0.2, 0.25) is 0 Å². The molecule has 1 atom stereocenters. The number of carbonyl (C=O) groups excluding carboxylic acids is 2. The highest BCUT2D eigenvalue weighted by molar-refractivity contribution is 7.91. The molecule has 7 nitrogen and oxygen atoms in total. The minimum absolute atomic E-state index is 0.0793. The van der Waals surface area contributed by atoms with Crippen molar-refractivity contribution >= 4 is 21.7 Å². The average molecular weight is 419 g/mol. The standard InChI is InChI=1S/C20H22FN3O4S/c21-16-6-8-17(9-7-16)29(27,28)18(15-5-4-10-22-13-15)14-23-19(25)20(26)24-11-2-1-3-12-24/h4-10,13,18H,1-3,11-12,14H2,(H,23,25)/t18-/m0/s1. The normalized spacial score (nSPS) is 15.6. The minimum atomic E-state index is -3.96. The van der Waals surface area contributed by atoms with Gasteiger partial charge in [-0.2, -0.15) is 0 Å². The fourth-order valence-electron chi connectivity index (χ4n) is 3.26. The second-order valence-corrected chi connectivity index (χ2v) is 8.97. The molecule has 0 aliphatic carbocycles. The van der Waals surface area contributed by atoms with Crippen LogP contribution in [-0.2, 0) is 19.4 Å². The molecule has 29 heavy (non-hydrogen) atoms. The maximum Gasteiger partial charge on any atom is 0.311 e. The van der Waals surface area contributed by atoms with Gasteiger partial charge in [0.1, 0.15) is 11.1 Å². The van der Waals surface area contributed by atoms with Crippen LogP contribution in [0.2, 0.25) is 0 Å². The van der Waals surface area contributed by atoms with Gasteiger partial charge in [0.15, 0.2) is 9.84 Å². The van der Waals surface area contributed by atoms with E-state index < -0.39 is 32.7 Å². The van der Waals surface area contributed by atoms with E-state index in [-0.39, 0.29) is 11.4 Å². The second kappa shape index (κ2) is 9.13. The predicted octanol–water partition coefficient (Wildman–Crippen LogP) is 1.86. The molecule has 1 saturated heterocycles. The summed E-state index contributed by atoms with van der Waals surface area (Å²) in [4.78, 5) is 30.0. The number of nitrogens with zero attached hydrogens (tertiary/aromatic N) is 2. The first kappa shape index (κ1) is 20.9. The third-order valence-electron chi connectivity index (χ3n) is 4.86. The van der Waals surface area contributed by atoms with Crippen LogP contribution >= 0.6 is 0 Å². The van der Waals surface area contributed by atoms with Crippen LogP contribution in [0.3, 0.4) is 0 Å². The van der Waals surface area contributed by atoms with Crippen LogP contribution in [0.1, 0.15) is 30.1 Å². The van der Waals surface area contributed by atoms with Crippen molar-refractivity contribution in [3.63, 3.8) is 0 Å². The Hall–Kier alpha value is -2.81. The molecule has 1 aliphatic heterocycles. The van der Waals surface area contributed by atoms with E-state index in [0.29, 0.717) is 18.7 Å². The average Bonchev–Trinajstić information content (AvgIpc) is 2.74. The fourth-order valence-corrected chi connectivity index (χ4v) is 4.91. The molecule has 2 heterocycles.